The van der Waals surface area contributed by atoms with Gasteiger partial charge in [0.15, 0.2) is 17.5 Å². The van der Waals surface area contributed by atoms with Crippen molar-refractivity contribution in [1.29, 1.82) is 0 Å². The van der Waals surface area contributed by atoms with E-state index in [9.17, 15) is 0 Å². The van der Waals surface area contributed by atoms with E-state index in [2.05, 4.69) is 138 Å². The first-order chi connectivity index (χ1) is 30.2. The van der Waals surface area contributed by atoms with E-state index in [1.54, 1.807) is 0 Å². The van der Waals surface area contributed by atoms with Crippen LogP contribution < -0.4 is 4.90 Å². The van der Waals surface area contributed by atoms with Crippen molar-refractivity contribution in [2.75, 3.05) is 4.90 Å². The molecule has 9 aromatic carbocycles. The van der Waals surface area contributed by atoms with E-state index in [4.69, 9.17) is 19.4 Å². The van der Waals surface area contributed by atoms with Crippen LogP contribution in [-0.4, -0.2) is 15.0 Å². The minimum Gasteiger partial charge on any atom is -0.455 e. The van der Waals surface area contributed by atoms with Gasteiger partial charge >= 0.3 is 0 Å². The molecule has 286 valence electrons. The van der Waals surface area contributed by atoms with Crippen molar-refractivity contribution in [3.05, 3.63) is 206 Å². The van der Waals surface area contributed by atoms with E-state index in [1.807, 2.05) is 84.1 Å². The predicted molar refractivity (Wildman–Crippen MR) is 254 cm³/mol. The van der Waals surface area contributed by atoms with Crippen LogP contribution in [0.1, 0.15) is 0 Å². The number of aromatic nitrogens is 3. The van der Waals surface area contributed by atoms with Gasteiger partial charge in [0, 0.05) is 70.1 Å². The fourth-order valence-electron chi connectivity index (χ4n) is 8.67. The summed E-state index contributed by atoms with van der Waals surface area (Å²) in [5, 5.41) is 6.74. The van der Waals surface area contributed by atoms with Crippen LogP contribution in [0.5, 0.6) is 0 Å². The number of hydrogen-bond donors (Lipinski definition) is 0. The van der Waals surface area contributed by atoms with E-state index < -0.39 is 0 Å². The maximum absolute atomic E-state index is 6.77. The molecule has 0 spiro atoms. The minimum atomic E-state index is 0.593. The SMILES string of the molecule is c1ccc(-c2nc(-c3ccccc3)nc(-c3cccc4oc5c6ccccc6c(-c6ccc(N(c7ccccc7)c7ccc8c(c7)sc7ccccc78)cc6)cc5c34)n2)cc1. The van der Waals surface area contributed by atoms with Crippen molar-refractivity contribution in [2.24, 2.45) is 0 Å². The Morgan fingerprint density at radius 3 is 1.66 bits per heavy atom. The molecule has 0 amide bonds. The third kappa shape index (κ3) is 6.04. The molecule has 0 saturated heterocycles. The molecular weight excluding hydrogens is 765 g/mol. The largest absolute Gasteiger partial charge is 0.455 e. The number of anilines is 3. The number of para-hydroxylation sites is 1. The number of rotatable bonds is 7. The van der Waals surface area contributed by atoms with Crippen LogP contribution in [0.4, 0.5) is 17.1 Å². The van der Waals surface area contributed by atoms with Gasteiger partial charge in [-0.2, -0.15) is 0 Å². The summed E-state index contributed by atoms with van der Waals surface area (Å²) in [4.78, 5) is 17.5. The molecule has 0 fully saturated rings. The van der Waals surface area contributed by atoms with Gasteiger partial charge < -0.3 is 9.32 Å². The van der Waals surface area contributed by atoms with Crippen LogP contribution in [-0.2, 0) is 0 Å². The number of benzene rings is 9. The Morgan fingerprint density at radius 1 is 0.361 bits per heavy atom. The van der Waals surface area contributed by atoms with E-state index in [-0.39, 0.29) is 0 Å². The van der Waals surface area contributed by atoms with E-state index >= 15 is 0 Å². The number of thiophene rings is 1. The van der Waals surface area contributed by atoms with Crippen molar-refractivity contribution in [2.45, 2.75) is 0 Å². The zero-order valence-electron chi connectivity index (χ0n) is 32.7. The Labute approximate surface area is 355 Å². The number of hydrogen-bond acceptors (Lipinski definition) is 6. The van der Waals surface area contributed by atoms with Crippen LogP contribution >= 0.6 is 11.3 Å². The topological polar surface area (TPSA) is 55.1 Å². The van der Waals surface area contributed by atoms with E-state index in [0.29, 0.717) is 17.5 Å². The molecular formula is C55H34N4OS. The summed E-state index contributed by atoms with van der Waals surface area (Å²) in [6, 6.07) is 72.2. The lowest BCUT2D eigenvalue weighted by atomic mass is 9.94. The molecule has 0 N–H and O–H groups in total. The lowest BCUT2D eigenvalue weighted by Gasteiger charge is -2.26. The van der Waals surface area contributed by atoms with Crippen LogP contribution in [0.15, 0.2) is 211 Å². The van der Waals surface area contributed by atoms with Gasteiger partial charge in [-0.15, -0.1) is 11.3 Å². The molecule has 0 aliphatic carbocycles. The second-order valence-corrected chi connectivity index (χ2v) is 16.2. The highest BCUT2D eigenvalue weighted by Crippen LogP contribution is 2.45. The smallest absolute Gasteiger partial charge is 0.164 e. The monoisotopic (exact) mass is 798 g/mol. The summed E-state index contributed by atoms with van der Waals surface area (Å²) in [5.74, 6) is 1.83. The molecule has 5 nitrogen and oxygen atoms in total. The molecule has 61 heavy (non-hydrogen) atoms. The maximum atomic E-state index is 6.77. The quantitative estimate of drug-likeness (QED) is 0.161. The number of furan rings is 1. The molecule has 0 saturated carbocycles. The van der Waals surface area contributed by atoms with Crippen LogP contribution in [0.2, 0.25) is 0 Å². The lowest BCUT2D eigenvalue weighted by molar-refractivity contribution is 0.672. The fraction of sp³-hybridized carbons (Fsp3) is 0. The summed E-state index contributed by atoms with van der Waals surface area (Å²) in [6.07, 6.45) is 0. The second-order valence-electron chi connectivity index (χ2n) is 15.2. The summed E-state index contributed by atoms with van der Waals surface area (Å²) < 4.78 is 9.34. The van der Waals surface area contributed by atoms with Gasteiger partial charge in [-0.25, -0.2) is 15.0 Å². The van der Waals surface area contributed by atoms with Gasteiger partial charge in [0.25, 0.3) is 0 Å². The summed E-state index contributed by atoms with van der Waals surface area (Å²) in [6.45, 7) is 0. The van der Waals surface area contributed by atoms with Crippen LogP contribution in [0.25, 0.3) is 98.2 Å². The summed E-state index contributed by atoms with van der Waals surface area (Å²) in [5.41, 5.74) is 9.89. The molecule has 12 aromatic rings. The van der Waals surface area contributed by atoms with Crippen molar-refractivity contribution in [3.8, 4) is 45.3 Å². The zero-order chi connectivity index (χ0) is 40.3. The number of fused-ring (bicyclic) bond motifs is 8. The molecule has 3 heterocycles. The van der Waals surface area contributed by atoms with Crippen LogP contribution in [0.3, 0.4) is 0 Å². The Morgan fingerprint density at radius 2 is 0.934 bits per heavy atom. The van der Waals surface area contributed by atoms with Gasteiger partial charge in [-0.05, 0) is 71.1 Å². The van der Waals surface area contributed by atoms with Crippen LogP contribution in [0, 0.1) is 0 Å². The molecule has 0 aliphatic heterocycles. The van der Waals surface area contributed by atoms with Gasteiger partial charge in [-0.3, -0.25) is 0 Å². The zero-order valence-corrected chi connectivity index (χ0v) is 33.6. The van der Waals surface area contributed by atoms with E-state index in [0.717, 1.165) is 77.6 Å². The third-order valence-corrected chi connectivity index (χ3v) is 12.6. The Bertz CT molecular complexity index is 3520. The lowest BCUT2D eigenvalue weighted by Crippen LogP contribution is -2.09. The first-order valence-corrected chi connectivity index (χ1v) is 21.2. The third-order valence-electron chi connectivity index (χ3n) is 11.5. The van der Waals surface area contributed by atoms with Crippen molar-refractivity contribution in [3.63, 3.8) is 0 Å². The highest BCUT2D eigenvalue weighted by atomic mass is 32.1. The molecule has 6 heteroatoms. The minimum absolute atomic E-state index is 0.593. The number of nitrogens with zero attached hydrogens (tertiary/aromatic N) is 4. The van der Waals surface area contributed by atoms with Gasteiger partial charge in [-0.1, -0.05) is 152 Å². The standard InChI is InChI=1S/C55H34N4OS/c1-4-15-36(16-5-1)53-56-54(37-17-6-2-7-18-37)58-55(57-53)45-24-14-25-48-51(45)47-34-46(41-21-10-11-23-44(41)52(47)60-48)35-27-29-39(30-28-35)59(38-19-8-3-9-20-38)40-31-32-43-42-22-12-13-26-49(42)61-50(43)33-40/h1-34H. The predicted octanol–water partition coefficient (Wildman–Crippen LogP) is 15.4. The summed E-state index contributed by atoms with van der Waals surface area (Å²) in [7, 11) is 0. The van der Waals surface area contributed by atoms with Gasteiger partial charge in [0.1, 0.15) is 11.2 Å². The molecule has 12 rings (SSSR count). The molecule has 0 aliphatic rings. The molecule has 0 radical (unpaired) electrons. The second kappa shape index (κ2) is 14.4. The van der Waals surface area contributed by atoms with Crippen molar-refractivity contribution >= 4 is 81.3 Å². The fourth-order valence-corrected chi connectivity index (χ4v) is 9.81. The van der Waals surface area contributed by atoms with Gasteiger partial charge in [0.2, 0.25) is 0 Å². The highest BCUT2D eigenvalue weighted by Gasteiger charge is 2.21. The normalized spacial score (nSPS) is 11.6. The molecule has 0 atom stereocenters. The van der Waals surface area contributed by atoms with Gasteiger partial charge in [0.05, 0.1) is 0 Å². The summed E-state index contributed by atoms with van der Waals surface area (Å²) >= 11 is 1.84. The Kier molecular flexibility index (Phi) is 8.28. The first-order valence-electron chi connectivity index (χ1n) is 20.3. The molecule has 0 bridgehead atoms. The average molecular weight is 799 g/mol. The van der Waals surface area contributed by atoms with Crippen molar-refractivity contribution < 1.29 is 4.42 Å². The first kappa shape index (κ1) is 35.1. The average Bonchev–Trinajstić information content (AvgIpc) is 3.91. The Hall–Kier alpha value is -7.93. The molecule has 0 unspecified atom stereocenters. The highest BCUT2D eigenvalue weighted by molar-refractivity contribution is 7.25. The molecule has 3 aromatic heterocycles. The van der Waals surface area contributed by atoms with E-state index in [1.165, 1.54) is 20.2 Å². The maximum Gasteiger partial charge on any atom is 0.164 e. The Balaban J connectivity index is 1.02. The van der Waals surface area contributed by atoms with Crippen molar-refractivity contribution in [1.82, 2.24) is 15.0 Å².